The molecule has 90 valence electrons. The Morgan fingerprint density at radius 3 is 2.76 bits per heavy atom. The maximum Gasteiger partial charge on any atom is 0.214 e. The number of hydrogen-bond donors (Lipinski definition) is 1. The van der Waals surface area contributed by atoms with Crippen molar-refractivity contribution in [3.63, 3.8) is 0 Å². The molecule has 2 aromatic rings. The third-order valence-corrected chi connectivity index (χ3v) is 2.51. The standard InChI is InChI=1S/C14H17NO2/c1-10(2)9-17-14-7-11(8-16)12-5-3-4-6-13(12)15-14/h3-7,10,16H,8-9H2,1-2H3. The number of benzene rings is 1. The summed E-state index contributed by atoms with van der Waals surface area (Å²) in [5.74, 6) is 1.04. The van der Waals surface area contributed by atoms with Crippen LogP contribution >= 0.6 is 0 Å². The largest absolute Gasteiger partial charge is 0.477 e. The fourth-order valence-corrected chi connectivity index (χ4v) is 1.68. The van der Waals surface area contributed by atoms with Crippen molar-refractivity contribution in [3.05, 3.63) is 35.9 Å². The molecular weight excluding hydrogens is 214 g/mol. The predicted octanol–water partition coefficient (Wildman–Crippen LogP) is 2.76. The van der Waals surface area contributed by atoms with Crippen LogP contribution in [0.4, 0.5) is 0 Å². The Hall–Kier alpha value is -1.61. The van der Waals surface area contributed by atoms with Crippen molar-refractivity contribution in [3.8, 4) is 5.88 Å². The van der Waals surface area contributed by atoms with Gasteiger partial charge < -0.3 is 9.84 Å². The Bertz CT molecular complexity index is 509. The zero-order valence-corrected chi connectivity index (χ0v) is 10.2. The van der Waals surface area contributed by atoms with Crippen LogP contribution in [-0.4, -0.2) is 16.7 Å². The van der Waals surface area contributed by atoms with Crippen LogP contribution in [0.1, 0.15) is 19.4 Å². The first kappa shape index (κ1) is 11.9. The lowest BCUT2D eigenvalue weighted by Gasteiger charge is -2.10. The van der Waals surface area contributed by atoms with E-state index in [1.807, 2.05) is 30.3 Å². The highest BCUT2D eigenvalue weighted by Crippen LogP contribution is 2.22. The van der Waals surface area contributed by atoms with E-state index in [2.05, 4.69) is 18.8 Å². The van der Waals surface area contributed by atoms with Crippen molar-refractivity contribution in [2.75, 3.05) is 6.61 Å². The van der Waals surface area contributed by atoms with E-state index in [1.165, 1.54) is 0 Å². The summed E-state index contributed by atoms with van der Waals surface area (Å²) in [6, 6.07) is 9.57. The first-order valence-electron chi connectivity index (χ1n) is 5.83. The highest BCUT2D eigenvalue weighted by molar-refractivity contribution is 5.82. The molecule has 0 saturated carbocycles. The molecular formula is C14H17NO2. The average Bonchev–Trinajstić information content (AvgIpc) is 2.35. The fourth-order valence-electron chi connectivity index (χ4n) is 1.68. The number of aliphatic hydroxyl groups excluding tert-OH is 1. The summed E-state index contributed by atoms with van der Waals surface area (Å²) in [7, 11) is 0. The lowest BCUT2D eigenvalue weighted by atomic mass is 10.1. The van der Waals surface area contributed by atoms with Gasteiger partial charge in [0, 0.05) is 11.5 Å². The van der Waals surface area contributed by atoms with E-state index in [4.69, 9.17) is 4.74 Å². The zero-order chi connectivity index (χ0) is 12.3. The van der Waals surface area contributed by atoms with E-state index in [0.29, 0.717) is 18.4 Å². The van der Waals surface area contributed by atoms with E-state index < -0.39 is 0 Å². The molecule has 0 aliphatic rings. The molecule has 0 unspecified atom stereocenters. The smallest absolute Gasteiger partial charge is 0.214 e. The van der Waals surface area contributed by atoms with Crippen molar-refractivity contribution in [1.29, 1.82) is 0 Å². The van der Waals surface area contributed by atoms with Gasteiger partial charge in [-0.3, -0.25) is 0 Å². The third kappa shape index (κ3) is 2.74. The molecule has 1 aromatic heterocycles. The second-order valence-electron chi connectivity index (χ2n) is 4.50. The lowest BCUT2D eigenvalue weighted by molar-refractivity contribution is 0.258. The maximum atomic E-state index is 9.35. The molecule has 0 aliphatic heterocycles. The number of fused-ring (bicyclic) bond motifs is 1. The van der Waals surface area contributed by atoms with Crippen LogP contribution in [0.2, 0.25) is 0 Å². The number of ether oxygens (including phenoxy) is 1. The third-order valence-electron chi connectivity index (χ3n) is 2.51. The summed E-state index contributed by atoms with van der Waals surface area (Å²) < 4.78 is 5.60. The van der Waals surface area contributed by atoms with Gasteiger partial charge >= 0.3 is 0 Å². The minimum atomic E-state index is 0.00106. The average molecular weight is 231 g/mol. The van der Waals surface area contributed by atoms with Gasteiger partial charge in [-0.2, -0.15) is 0 Å². The summed E-state index contributed by atoms with van der Waals surface area (Å²) in [6.07, 6.45) is 0. The molecule has 0 amide bonds. The second kappa shape index (κ2) is 5.15. The van der Waals surface area contributed by atoms with Gasteiger partial charge in [-0.1, -0.05) is 32.0 Å². The van der Waals surface area contributed by atoms with Crippen LogP contribution < -0.4 is 4.74 Å². The van der Waals surface area contributed by atoms with Gasteiger partial charge in [0.15, 0.2) is 0 Å². The Labute approximate surface area is 101 Å². The molecule has 1 heterocycles. The van der Waals surface area contributed by atoms with Gasteiger partial charge in [-0.15, -0.1) is 0 Å². The van der Waals surface area contributed by atoms with Gasteiger partial charge in [0.1, 0.15) is 0 Å². The van der Waals surface area contributed by atoms with Crippen molar-refractivity contribution in [2.24, 2.45) is 5.92 Å². The van der Waals surface area contributed by atoms with Gasteiger partial charge in [-0.05, 0) is 17.5 Å². The van der Waals surface area contributed by atoms with Gasteiger partial charge in [-0.25, -0.2) is 4.98 Å². The Morgan fingerprint density at radius 2 is 2.06 bits per heavy atom. The number of para-hydroxylation sites is 1. The van der Waals surface area contributed by atoms with E-state index in [9.17, 15) is 5.11 Å². The molecule has 0 spiro atoms. The minimum Gasteiger partial charge on any atom is -0.477 e. The molecule has 0 bridgehead atoms. The Balaban J connectivity index is 2.38. The summed E-state index contributed by atoms with van der Waals surface area (Å²) >= 11 is 0. The fraction of sp³-hybridized carbons (Fsp3) is 0.357. The Morgan fingerprint density at radius 1 is 1.29 bits per heavy atom. The molecule has 0 radical (unpaired) electrons. The molecule has 1 N–H and O–H groups in total. The zero-order valence-electron chi connectivity index (χ0n) is 10.2. The number of hydrogen-bond acceptors (Lipinski definition) is 3. The molecule has 3 nitrogen and oxygen atoms in total. The minimum absolute atomic E-state index is 0.00106. The van der Waals surface area contributed by atoms with Crippen LogP contribution in [0.15, 0.2) is 30.3 Å². The number of aliphatic hydroxyl groups is 1. The summed E-state index contributed by atoms with van der Waals surface area (Å²) in [5.41, 5.74) is 1.71. The van der Waals surface area contributed by atoms with Crippen LogP contribution in [0.5, 0.6) is 5.88 Å². The molecule has 2 rings (SSSR count). The van der Waals surface area contributed by atoms with Crippen LogP contribution in [0.3, 0.4) is 0 Å². The monoisotopic (exact) mass is 231 g/mol. The van der Waals surface area contributed by atoms with E-state index in [-0.39, 0.29) is 6.61 Å². The predicted molar refractivity (Wildman–Crippen MR) is 68.0 cm³/mol. The van der Waals surface area contributed by atoms with Crippen LogP contribution in [-0.2, 0) is 6.61 Å². The topological polar surface area (TPSA) is 42.4 Å². The number of aromatic nitrogens is 1. The van der Waals surface area contributed by atoms with Crippen molar-refractivity contribution < 1.29 is 9.84 Å². The second-order valence-corrected chi connectivity index (χ2v) is 4.50. The molecule has 0 fully saturated rings. The summed E-state index contributed by atoms with van der Waals surface area (Å²) in [6.45, 7) is 4.82. The molecule has 0 saturated heterocycles. The van der Waals surface area contributed by atoms with E-state index >= 15 is 0 Å². The lowest BCUT2D eigenvalue weighted by Crippen LogP contribution is -2.06. The van der Waals surface area contributed by atoms with E-state index in [1.54, 1.807) is 0 Å². The number of pyridine rings is 1. The van der Waals surface area contributed by atoms with Crippen molar-refractivity contribution >= 4 is 10.9 Å². The summed E-state index contributed by atoms with van der Waals surface area (Å²) in [5, 5.41) is 10.3. The first-order chi connectivity index (χ1) is 8.20. The highest BCUT2D eigenvalue weighted by atomic mass is 16.5. The Kier molecular flexibility index (Phi) is 3.59. The normalized spacial score (nSPS) is 11.1. The molecule has 1 aromatic carbocycles. The van der Waals surface area contributed by atoms with Gasteiger partial charge in [0.05, 0.1) is 18.7 Å². The molecule has 3 heteroatoms. The number of nitrogens with zero attached hydrogens (tertiary/aromatic N) is 1. The summed E-state index contributed by atoms with van der Waals surface area (Å²) in [4.78, 5) is 4.42. The van der Waals surface area contributed by atoms with Crippen LogP contribution in [0.25, 0.3) is 10.9 Å². The van der Waals surface area contributed by atoms with Crippen LogP contribution in [0, 0.1) is 5.92 Å². The first-order valence-corrected chi connectivity index (χ1v) is 5.83. The molecule has 0 aliphatic carbocycles. The van der Waals surface area contributed by atoms with Crippen molar-refractivity contribution in [2.45, 2.75) is 20.5 Å². The highest BCUT2D eigenvalue weighted by Gasteiger charge is 2.06. The molecule has 0 atom stereocenters. The van der Waals surface area contributed by atoms with Gasteiger partial charge in [0.2, 0.25) is 5.88 Å². The molecule has 17 heavy (non-hydrogen) atoms. The SMILES string of the molecule is CC(C)COc1cc(CO)c2ccccc2n1. The van der Waals surface area contributed by atoms with Crippen molar-refractivity contribution in [1.82, 2.24) is 4.98 Å². The number of rotatable bonds is 4. The maximum absolute atomic E-state index is 9.35. The quantitative estimate of drug-likeness (QED) is 0.879. The van der Waals surface area contributed by atoms with E-state index in [0.717, 1.165) is 16.5 Å². The van der Waals surface area contributed by atoms with Gasteiger partial charge in [0.25, 0.3) is 0 Å².